The van der Waals surface area contributed by atoms with E-state index in [1.54, 1.807) is 0 Å². The van der Waals surface area contributed by atoms with E-state index in [0.29, 0.717) is 0 Å². The molecule has 12 rings (SSSR count). The third-order valence-electron chi connectivity index (χ3n) is 11.4. The van der Waals surface area contributed by atoms with Crippen LogP contribution in [0.25, 0.3) is 91.5 Å². The molecule has 0 amide bonds. The number of anilines is 1. The molecular formula is C51H32N2S2. The SMILES string of the molecule is c1ccc(-n2c3cc(-c4ccc(C5Nc6ccc7sc8c(-c9ccc%10ccccc%10c9)cccc8c7c6S5)cc4)ccc3c3c4ccccc4ccc32)cc1. The number of hydrogen-bond donors (Lipinski definition) is 1. The van der Waals surface area contributed by atoms with Gasteiger partial charge >= 0.3 is 0 Å². The number of thioether (sulfide) groups is 1. The molecule has 0 aliphatic carbocycles. The van der Waals surface area contributed by atoms with Crippen molar-refractivity contribution in [2.24, 2.45) is 0 Å². The summed E-state index contributed by atoms with van der Waals surface area (Å²) in [6.45, 7) is 0. The van der Waals surface area contributed by atoms with Gasteiger partial charge in [0.1, 0.15) is 5.37 Å². The summed E-state index contributed by atoms with van der Waals surface area (Å²) in [7, 11) is 0. The summed E-state index contributed by atoms with van der Waals surface area (Å²) in [5.74, 6) is 0. The Morgan fingerprint density at radius 3 is 2.11 bits per heavy atom. The summed E-state index contributed by atoms with van der Waals surface area (Å²) in [5.41, 5.74) is 11.1. The highest BCUT2D eigenvalue weighted by Crippen LogP contribution is 2.54. The number of benzene rings is 9. The Morgan fingerprint density at radius 2 is 1.22 bits per heavy atom. The molecule has 0 spiro atoms. The lowest BCUT2D eigenvalue weighted by molar-refractivity contribution is 1.14. The quantitative estimate of drug-likeness (QED) is 0.194. The predicted octanol–water partition coefficient (Wildman–Crippen LogP) is 15.0. The van der Waals surface area contributed by atoms with Gasteiger partial charge in [-0.15, -0.1) is 11.3 Å². The van der Waals surface area contributed by atoms with Crippen LogP contribution < -0.4 is 5.32 Å². The third-order valence-corrected chi connectivity index (χ3v) is 13.9. The van der Waals surface area contributed by atoms with E-state index in [0.717, 1.165) is 0 Å². The number of nitrogens with one attached hydrogen (secondary N) is 1. The van der Waals surface area contributed by atoms with Gasteiger partial charge in [0, 0.05) is 47.2 Å². The van der Waals surface area contributed by atoms with Crippen LogP contribution in [0.3, 0.4) is 0 Å². The van der Waals surface area contributed by atoms with Gasteiger partial charge in [-0.1, -0.05) is 151 Å². The average Bonchev–Trinajstić information content (AvgIpc) is 3.95. The normalized spacial score (nSPS) is 14.1. The van der Waals surface area contributed by atoms with E-state index in [1.807, 2.05) is 23.1 Å². The van der Waals surface area contributed by atoms with Gasteiger partial charge in [0.2, 0.25) is 0 Å². The van der Waals surface area contributed by atoms with Crippen molar-refractivity contribution in [3.8, 4) is 27.9 Å². The van der Waals surface area contributed by atoms with Crippen molar-refractivity contribution in [3.05, 3.63) is 188 Å². The molecule has 1 N–H and O–H groups in total. The first-order valence-electron chi connectivity index (χ1n) is 18.8. The van der Waals surface area contributed by atoms with Crippen molar-refractivity contribution in [3.63, 3.8) is 0 Å². The zero-order valence-corrected chi connectivity index (χ0v) is 31.3. The lowest BCUT2D eigenvalue weighted by Crippen LogP contribution is -2.00. The predicted molar refractivity (Wildman–Crippen MR) is 238 cm³/mol. The zero-order chi connectivity index (χ0) is 36.0. The van der Waals surface area contributed by atoms with Crippen molar-refractivity contribution in [2.75, 3.05) is 5.32 Å². The molecule has 1 aliphatic rings. The van der Waals surface area contributed by atoms with Crippen LogP contribution >= 0.6 is 23.1 Å². The standard InChI is InChI=1S/C51H32N2S2/c1-2-12-38(13-3-1)53-44-27-24-33-10-6-7-14-39(33)47(44)41-25-23-36(30-45(41)53)32-17-20-34(21-18-32)51-52-43-26-28-46-48(50(43)55-51)42-16-8-15-40(49(42)54-46)37-22-19-31-9-4-5-11-35(31)29-37/h1-30,51-52H. The van der Waals surface area contributed by atoms with Gasteiger partial charge in [0.25, 0.3) is 0 Å². The molecule has 258 valence electrons. The zero-order valence-electron chi connectivity index (χ0n) is 29.7. The minimum Gasteiger partial charge on any atom is -0.368 e. The maximum absolute atomic E-state index is 3.87. The van der Waals surface area contributed by atoms with E-state index >= 15 is 0 Å². The van der Waals surface area contributed by atoms with E-state index in [1.165, 1.54) is 108 Å². The third kappa shape index (κ3) is 4.82. The Kier molecular flexibility index (Phi) is 6.83. The van der Waals surface area contributed by atoms with Crippen LogP contribution in [-0.4, -0.2) is 4.57 Å². The summed E-state index contributed by atoms with van der Waals surface area (Å²) in [6.07, 6.45) is 0. The highest BCUT2D eigenvalue weighted by Gasteiger charge is 2.27. The molecule has 11 aromatic rings. The number of hydrogen-bond acceptors (Lipinski definition) is 3. The highest BCUT2D eigenvalue weighted by molar-refractivity contribution is 8.00. The molecule has 1 atom stereocenters. The Hall–Kier alpha value is -6.33. The molecule has 2 nitrogen and oxygen atoms in total. The second-order valence-corrected chi connectivity index (χ2v) is 16.7. The van der Waals surface area contributed by atoms with Crippen LogP contribution in [0.4, 0.5) is 5.69 Å². The van der Waals surface area contributed by atoms with E-state index in [4.69, 9.17) is 0 Å². The largest absolute Gasteiger partial charge is 0.368 e. The monoisotopic (exact) mass is 736 g/mol. The summed E-state index contributed by atoms with van der Waals surface area (Å²) >= 11 is 3.85. The number of para-hydroxylation sites is 1. The van der Waals surface area contributed by atoms with Crippen LogP contribution in [0.1, 0.15) is 10.9 Å². The molecule has 0 saturated carbocycles. The maximum atomic E-state index is 3.87. The van der Waals surface area contributed by atoms with Crippen LogP contribution in [0.5, 0.6) is 0 Å². The maximum Gasteiger partial charge on any atom is 0.103 e. The summed E-state index contributed by atoms with van der Waals surface area (Å²) in [4.78, 5) is 1.35. The minimum absolute atomic E-state index is 0.143. The average molecular weight is 737 g/mol. The molecule has 1 unspecified atom stereocenters. The van der Waals surface area contributed by atoms with Gasteiger partial charge in [0.15, 0.2) is 0 Å². The molecule has 55 heavy (non-hydrogen) atoms. The second kappa shape index (κ2) is 12.1. The molecule has 2 aromatic heterocycles. The first-order valence-corrected chi connectivity index (χ1v) is 20.5. The molecule has 1 aliphatic heterocycles. The summed E-state index contributed by atoms with van der Waals surface area (Å²) in [5, 5.41) is 14.4. The number of thiophene rings is 1. The molecule has 3 heterocycles. The lowest BCUT2D eigenvalue weighted by atomic mass is 9.99. The molecule has 0 bridgehead atoms. The fourth-order valence-electron chi connectivity index (χ4n) is 8.79. The molecule has 9 aromatic carbocycles. The Bertz CT molecular complexity index is 3320. The van der Waals surface area contributed by atoms with Gasteiger partial charge in [-0.05, 0) is 91.8 Å². The Balaban J connectivity index is 0.904. The van der Waals surface area contributed by atoms with Crippen molar-refractivity contribution in [1.82, 2.24) is 4.57 Å². The fourth-order valence-corrected chi connectivity index (χ4v) is 11.4. The Morgan fingerprint density at radius 1 is 0.473 bits per heavy atom. The molecular weight excluding hydrogens is 705 g/mol. The molecule has 4 heteroatoms. The van der Waals surface area contributed by atoms with E-state index in [-0.39, 0.29) is 5.37 Å². The van der Waals surface area contributed by atoms with Crippen molar-refractivity contribution < 1.29 is 0 Å². The Labute approximate surface area is 326 Å². The topological polar surface area (TPSA) is 17.0 Å². The van der Waals surface area contributed by atoms with Crippen LogP contribution in [0.15, 0.2) is 187 Å². The van der Waals surface area contributed by atoms with E-state index in [9.17, 15) is 0 Å². The van der Waals surface area contributed by atoms with E-state index < -0.39 is 0 Å². The first-order chi connectivity index (χ1) is 27.2. The van der Waals surface area contributed by atoms with Crippen LogP contribution in [0.2, 0.25) is 0 Å². The van der Waals surface area contributed by atoms with Gasteiger partial charge in [-0.2, -0.15) is 0 Å². The number of aromatic nitrogens is 1. The van der Waals surface area contributed by atoms with Crippen molar-refractivity contribution in [2.45, 2.75) is 10.3 Å². The molecule has 0 radical (unpaired) electrons. The van der Waals surface area contributed by atoms with Gasteiger partial charge < -0.3 is 9.88 Å². The van der Waals surface area contributed by atoms with Crippen molar-refractivity contribution in [1.29, 1.82) is 0 Å². The van der Waals surface area contributed by atoms with Crippen LogP contribution in [0, 0.1) is 0 Å². The fraction of sp³-hybridized carbons (Fsp3) is 0.0196. The highest BCUT2D eigenvalue weighted by atomic mass is 32.2. The lowest BCUT2D eigenvalue weighted by Gasteiger charge is -2.12. The second-order valence-electron chi connectivity index (χ2n) is 14.5. The van der Waals surface area contributed by atoms with Crippen LogP contribution in [-0.2, 0) is 0 Å². The first kappa shape index (κ1) is 31.1. The number of rotatable bonds is 4. The van der Waals surface area contributed by atoms with Gasteiger partial charge in [0.05, 0.1) is 11.0 Å². The molecule has 0 fully saturated rings. The molecule has 0 saturated heterocycles. The minimum atomic E-state index is 0.143. The summed E-state index contributed by atoms with van der Waals surface area (Å²) in [6, 6.07) is 67.0. The number of fused-ring (bicyclic) bond motifs is 11. The van der Waals surface area contributed by atoms with Crippen molar-refractivity contribution >= 4 is 92.3 Å². The smallest absolute Gasteiger partial charge is 0.103 e. The van der Waals surface area contributed by atoms with Gasteiger partial charge in [-0.25, -0.2) is 0 Å². The van der Waals surface area contributed by atoms with E-state index in [2.05, 4.69) is 192 Å². The van der Waals surface area contributed by atoms with Gasteiger partial charge in [-0.3, -0.25) is 0 Å². The number of nitrogens with zero attached hydrogens (tertiary/aromatic N) is 1. The summed E-state index contributed by atoms with van der Waals surface area (Å²) < 4.78 is 5.11.